The summed E-state index contributed by atoms with van der Waals surface area (Å²) in [6.45, 7) is 0.278. The fraction of sp³-hybridized carbons (Fsp3) is 0.438. The highest BCUT2D eigenvalue weighted by Crippen LogP contribution is 2.10. The van der Waals surface area contributed by atoms with Crippen LogP contribution in [0, 0.1) is 0 Å². The second-order valence-electron chi connectivity index (χ2n) is 4.87. The molecule has 0 aliphatic rings. The van der Waals surface area contributed by atoms with E-state index in [4.69, 9.17) is 4.74 Å². The van der Waals surface area contributed by atoms with Gasteiger partial charge in [0, 0.05) is 13.0 Å². The first-order valence-corrected chi connectivity index (χ1v) is 7.32. The summed E-state index contributed by atoms with van der Waals surface area (Å²) in [5.74, 6) is -0.375. The standard InChI is InChI=1S/C16H22N2O6/c1-22-12-6-4-11(5-7-12)10-17-16(21)18-13(15(20)24-3)8-9-14(19)23-2/h4-7,13H,8-10H2,1-3H3,(H2,17,18,21). The van der Waals surface area contributed by atoms with Gasteiger partial charge in [-0.05, 0) is 24.1 Å². The minimum atomic E-state index is -0.926. The maximum Gasteiger partial charge on any atom is 0.328 e. The van der Waals surface area contributed by atoms with Gasteiger partial charge in [-0.15, -0.1) is 0 Å². The lowest BCUT2D eigenvalue weighted by Gasteiger charge is -2.16. The Bertz CT molecular complexity index is 558. The minimum Gasteiger partial charge on any atom is -0.497 e. The van der Waals surface area contributed by atoms with Crippen molar-refractivity contribution < 1.29 is 28.6 Å². The average molecular weight is 338 g/mol. The van der Waals surface area contributed by atoms with Gasteiger partial charge in [-0.2, -0.15) is 0 Å². The number of rotatable bonds is 8. The van der Waals surface area contributed by atoms with Crippen LogP contribution in [0.5, 0.6) is 5.75 Å². The summed E-state index contributed by atoms with van der Waals surface area (Å²) in [7, 11) is 4.04. The average Bonchev–Trinajstić information content (AvgIpc) is 2.62. The normalized spacial score (nSPS) is 11.1. The van der Waals surface area contributed by atoms with Crippen LogP contribution in [0.2, 0.25) is 0 Å². The van der Waals surface area contributed by atoms with Gasteiger partial charge in [0.1, 0.15) is 11.8 Å². The van der Waals surface area contributed by atoms with Gasteiger partial charge < -0.3 is 24.8 Å². The summed E-state index contributed by atoms with van der Waals surface area (Å²) in [6.07, 6.45) is 0.0876. The molecule has 1 atom stereocenters. The Morgan fingerprint density at radius 2 is 1.71 bits per heavy atom. The van der Waals surface area contributed by atoms with Crippen molar-refractivity contribution in [2.75, 3.05) is 21.3 Å². The first-order valence-electron chi connectivity index (χ1n) is 7.32. The lowest BCUT2D eigenvalue weighted by molar-refractivity contribution is -0.144. The van der Waals surface area contributed by atoms with Crippen LogP contribution in [0.3, 0.4) is 0 Å². The monoisotopic (exact) mass is 338 g/mol. The molecule has 0 bridgehead atoms. The van der Waals surface area contributed by atoms with Crippen LogP contribution < -0.4 is 15.4 Å². The van der Waals surface area contributed by atoms with E-state index in [1.807, 2.05) is 12.1 Å². The first kappa shape index (κ1) is 19.3. The number of carbonyl (C=O) groups excluding carboxylic acids is 3. The van der Waals surface area contributed by atoms with E-state index in [9.17, 15) is 14.4 Å². The van der Waals surface area contributed by atoms with Gasteiger partial charge in [-0.1, -0.05) is 12.1 Å². The molecule has 8 nitrogen and oxygen atoms in total. The Kier molecular flexibility index (Phi) is 8.10. The molecule has 1 unspecified atom stereocenters. The third-order valence-electron chi connectivity index (χ3n) is 3.27. The van der Waals surface area contributed by atoms with E-state index in [0.717, 1.165) is 11.3 Å². The van der Waals surface area contributed by atoms with Crippen molar-refractivity contribution >= 4 is 18.0 Å². The summed E-state index contributed by atoms with van der Waals surface area (Å²) in [6, 6.07) is 5.73. The summed E-state index contributed by atoms with van der Waals surface area (Å²) >= 11 is 0. The molecular formula is C16H22N2O6. The molecule has 132 valence electrons. The van der Waals surface area contributed by atoms with Crippen LogP contribution in [0.4, 0.5) is 4.79 Å². The van der Waals surface area contributed by atoms with E-state index in [1.54, 1.807) is 19.2 Å². The Morgan fingerprint density at radius 3 is 2.25 bits per heavy atom. The van der Waals surface area contributed by atoms with E-state index in [-0.39, 0.29) is 19.4 Å². The maximum atomic E-state index is 11.9. The molecule has 2 N–H and O–H groups in total. The van der Waals surface area contributed by atoms with E-state index in [0.29, 0.717) is 0 Å². The molecule has 2 amide bonds. The number of hydrogen-bond acceptors (Lipinski definition) is 6. The Morgan fingerprint density at radius 1 is 1.04 bits per heavy atom. The maximum absolute atomic E-state index is 11.9. The van der Waals surface area contributed by atoms with Gasteiger partial charge in [-0.25, -0.2) is 9.59 Å². The zero-order valence-electron chi connectivity index (χ0n) is 14.0. The Balaban J connectivity index is 2.50. The summed E-state index contributed by atoms with van der Waals surface area (Å²) < 4.78 is 14.2. The predicted molar refractivity (Wildman–Crippen MR) is 85.4 cm³/mol. The third kappa shape index (κ3) is 6.55. The van der Waals surface area contributed by atoms with E-state index < -0.39 is 24.0 Å². The van der Waals surface area contributed by atoms with E-state index >= 15 is 0 Å². The number of nitrogens with one attached hydrogen (secondary N) is 2. The number of esters is 2. The Hall–Kier alpha value is -2.77. The molecule has 8 heteroatoms. The van der Waals surface area contributed by atoms with E-state index in [2.05, 4.69) is 20.1 Å². The molecule has 24 heavy (non-hydrogen) atoms. The van der Waals surface area contributed by atoms with Gasteiger partial charge >= 0.3 is 18.0 Å². The quantitative estimate of drug-likeness (QED) is 0.685. The topological polar surface area (TPSA) is 103 Å². The molecule has 0 aliphatic heterocycles. The summed E-state index contributed by atoms with van der Waals surface area (Å²) in [5.41, 5.74) is 0.870. The highest BCUT2D eigenvalue weighted by atomic mass is 16.5. The van der Waals surface area contributed by atoms with Crippen molar-refractivity contribution in [3.8, 4) is 5.75 Å². The second-order valence-corrected chi connectivity index (χ2v) is 4.87. The number of hydrogen-bond donors (Lipinski definition) is 2. The third-order valence-corrected chi connectivity index (χ3v) is 3.27. The first-order chi connectivity index (χ1) is 11.5. The smallest absolute Gasteiger partial charge is 0.328 e. The number of methoxy groups -OCH3 is 3. The van der Waals surface area contributed by atoms with Crippen molar-refractivity contribution in [1.29, 1.82) is 0 Å². The number of amides is 2. The van der Waals surface area contributed by atoms with Crippen LogP contribution in [-0.4, -0.2) is 45.3 Å². The predicted octanol–water partition coefficient (Wildman–Crippen LogP) is 0.989. The molecule has 0 radical (unpaired) electrons. The van der Waals surface area contributed by atoms with Crippen molar-refractivity contribution in [3.63, 3.8) is 0 Å². The van der Waals surface area contributed by atoms with Crippen molar-refractivity contribution in [1.82, 2.24) is 10.6 Å². The number of urea groups is 1. The fourth-order valence-electron chi connectivity index (χ4n) is 1.89. The zero-order valence-corrected chi connectivity index (χ0v) is 14.0. The molecular weight excluding hydrogens is 316 g/mol. The Labute approximate surface area is 140 Å². The largest absolute Gasteiger partial charge is 0.497 e. The van der Waals surface area contributed by atoms with Gasteiger partial charge in [0.05, 0.1) is 21.3 Å². The van der Waals surface area contributed by atoms with Crippen LogP contribution in [-0.2, 0) is 25.6 Å². The molecule has 1 rings (SSSR count). The SMILES string of the molecule is COC(=O)CCC(NC(=O)NCc1ccc(OC)cc1)C(=O)OC. The molecule has 1 aromatic carbocycles. The fourth-order valence-corrected chi connectivity index (χ4v) is 1.89. The van der Waals surface area contributed by atoms with Crippen LogP contribution >= 0.6 is 0 Å². The van der Waals surface area contributed by atoms with Gasteiger partial charge in [0.2, 0.25) is 0 Å². The van der Waals surface area contributed by atoms with E-state index in [1.165, 1.54) is 14.2 Å². The molecule has 0 spiro atoms. The van der Waals surface area contributed by atoms with Crippen LogP contribution in [0.1, 0.15) is 18.4 Å². The lowest BCUT2D eigenvalue weighted by atomic mass is 10.1. The lowest BCUT2D eigenvalue weighted by Crippen LogP contribution is -2.46. The summed E-state index contributed by atoms with van der Waals surface area (Å²) in [4.78, 5) is 34.7. The second kappa shape index (κ2) is 10.1. The van der Waals surface area contributed by atoms with Gasteiger partial charge in [0.15, 0.2) is 0 Å². The number of benzene rings is 1. The minimum absolute atomic E-state index is 0.00493. The van der Waals surface area contributed by atoms with Crippen molar-refractivity contribution in [3.05, 3.63) is 29.8 Å². The van der Waals surface area contributed by atoms with Gasteiger partial charge in [0.25, 0.3) is 0 Å². The molecule has 0 aromatic heterocycles. The molecule has 0 heterocycles. The van der Waals surface area contributed by atoms with Crippen LogP contribution in [0.25, 0.3) is 0 Å². The van der Waals surface area contributed by atoms with Gasteiger partial charge in [-0.3, -0.25) is 4.79 Å². The van der Waals surface area contributed by atoms with Crippen molar-refractivity contribution in [2.45, 2.75) is 25.4 Å². The zero-order chi connectivity index (χ0) is 17.9. The highest BCUT2D eigenvalue weighted by Gasteiger charge is 2.22. The number of carbonyl (C=O) groups is 3. The molecule has 0 saturated carbocycles. The number of ether oxygens (including phenoxy) is 3. The molecule has 1 aromatic rings. The van der Waals surface area contributed by atoms with Crippen LogP contribution in [0.15, 0.2) is 24.3 Å². The van der Waals surface area contributed by atoms with Crippen molar-refractivity contribution in [2.24, 2.45) is 0 Å². The molecule has 0 saturated heterocycles. The highest BCUT2D eigenvalue weighted by molar-refractivity contribution is 5.84. The molecule has 0 aliphatic carbocycles. The summed E-state index contributed by atoms with van der Waals surface area (Å²) in [5, 5.41) is 5.12. The molecule has 0 fully saturated rings.